The van der Waals surface area contributed by atoms with E-state index >= 15 is 0 Å². The summed E-state index contributed by atoms with van der Waals surface area (Å²) in [6.07, 6.45) is -5.65. The number of ether oxygens (including phenoxy) is 3. The fourth-order valence-corrected chi connectivity index (χ4v) is 2.33. The second kappa shape index (κ2) is 9.24. The molecular weight excluding hydrogens is 327 g/mol. The molecule has 0 aliphatic rings. The molecular formula is C16H22F3NO4. The highest BCUT2D eigenvalue weighted by atomic mass is 19.2. The van der Waals surface area contributed by atoms with Crippen LogP contribution < -0.4 is 15.2 Å². The van der Waals surface area contributed by atoms with Crippen LogP contribution in [-0.2, 0) is 17.6 Å². The quantitative estimate of drug-likeness (QED) is 0.744. The second-order valence-corrected chi connectivity index (χ2v) is 5.32. The first kappa shape index (κ1) is 19.9. The van der Waals surface area contributed by atoms with Gasteiger partial charge in [-0.1, -0.05) is 0 Å². The molecule has 3 atom stereocenters. The number of carbonyl (C=O) groups is 1. The second-order valence-electron chi connectivity index (χ2n) is 5.32. The molecule has 24 heavy (non-hydrogen) atoms. The van der Waals surface area contributed by atoms with Crippen LogP contribution in [0.2, 0.25) is 0 Å². The van der Waals surface area contributed by atoms with Crippen molar-refractivity contribution in [2.24, 2.45) is 5.73 Å². The molecule has 8 heteroatoms. The molecule has 1 aromatic carbocycles. The molecule has 0 radical (unpaired) electrons. The van der Waals surface area contributed by atoms with Crippen molar-refractivity contribution in [3.63, 3.8) is 0 Å². The van der Waals surface area contributed by atoms with E-state index < -0.39 is 31.2 Å². The van der Waals surface area contributed by atoms with E-state index in [1.807, 2.05) is 0 Å². The maximum Gasteiger partial charge on any atom is 0.404 e. The maximum absolute atomic E-state index is 13.7. The lowest BCUT2D eigenvalue weighted by atomic mass is 9.99. The van der Waals surface area contributed by atoms with E-state index in [9.17, 15) is 18.0 Å². The standard InChI is InChI=1S/C16H22F3NO4/c1-9(24-16(20)21)4-10-6-15(23-3)11(7-14(10)22-2)5-12(18)13(19)8-17/h6-7,9,12-13H,4-5,8H2,1-3H3,(H2,20,21). The Labute approximate surface area is 138 Å². The summed E-state index contributed by atoms with van der Waals surface area (Å²) >= 11 is 0. The molecule has 3 unspecified atom stereocenters. The highest BCUT2D eigenvalue weighted by Gasteiger charge is 2.23. The van der Waals surface area contributed by atoms with Crippen LogP contribution in [0, 0.1) is 0 Å². The van der Waals surface area contributed by atoms with Crippen molar-refractivity contribution in [1.29, 1.82) is 0 Å². The first-order valence-corrected chi connectivity index (χ1v) is 7.36. The Morgan fingerprint density at radius 1 is 1.08 bits per heavy atom. The van der Waals surface area contributed by atoms with Crippen LogP contribution in [0.4, 0.5) is 18.0 Å². The molecule has 0 aliphatic carbocycles. The van der Waals surface area contributed by atoms with Gasteiger partial charge < -0.3 is 19.9 Å². The van der Waals surface area contributed by atoms with E-state index in [0.29, 0.717) is 22.6 Å². The number of methoxy groups -OCH3 is 2. The van der Waals surface area contributed by atoms with E-state index in [0.717, 1.165) is 0 Å². The number of rotatable bonds is 9. The monoisotopic (exact) mass is 349 g/mol. The van der Waals surface area contributed by atoms with E-state index in [4.69, 9.17) is 19.9 Å². The molecule has 0 heterocycles. The summed E-state index contributed by atoms with van der Waals surface area (Å²) in [6.45, 7) is 0.262. The predicted octanol–water partition coefficient (Wildman–Crippen LogP) is 2.92. The van der Waals surface area contributed by atoms with Gasteiger partial charge in [0.25, 0.3) is 0 Å². The first-order chi connectivity index (χ1) is 11.3. The number of nitrogens with two attached hydrogens (primary N) is 1. The van der Waals surface area contributed by atoms with E-state index in [-0.39, 0.29) is 12.8 Å². The lowest BCUT2D eigenvalue weighted by molar-refractivity contribution is 0.116. The molecule has 1 aromatic rings. The number of hydrogen-bond donors (Lipinski definition) is 1. The summed E-state index contributed by atoms with van der Waals surface area (Å²) in [7, 11) is 2.80. The number of halogens is 3. The minimum Gasteiger partial charge on any atom is -0.496 e. The van der Waals surface area contributed by atoms with Gasteiger partial charge >= 0.3 is 6.09 Å². The SMILES string of the molecule is COc1cc(CC(F)C(F)CF)c(OC)cc1CC(C)OC(N)=O. The largest absolute Gasteiger partial charge is 0.496 e. The molecule has 5 nitrogen and oxygen atoms in total. The van der Waals surface area contributed by atoms with Crippen LogP contribution >= 0.6 is 0 Å². The van der Waals surface area contributed by atoms with Crippen LogP contribution in [0.3, 0.4) is 0 Å². The Balaban J connectivity index is 3.06. The van der Waals surface area contributed by atoms with E-state index in [1.54, 1.807) is 13.0 Å². The van der Waals surface area contributed by atoms with Gasteiger partial charge in [0.15, 0.2) is 6.17 Å². The third kappa shape index (κ3) is 5.50. The number of benzene rings is 1. The van der Waals surface area contributed by atoms with Crippen molar-refractivity contribution >= 4 is 6.09 Å². The third-order valence-electron chi connectivity index (χ3n) is 3.46. The fourth-order valence-electron chi connectivity index (χ4n) is 2.33. The smallest absolute Gasteiger partial charge is 0.404 e. The molecule has 0 saturated carbocycles. The highest BCUT2D eigenvalue weighted by molar-refractivity contribution is 5.64. The van der Waals surface area contributed by atoms with Crippen molar-refractivity contribution in [2.75, 3.05) is 20.9 Å². The zero-order chi connectivity index (χ0) is 18.3. The van der Waals surface area contributed by atoms with Crippen LogP contribution in [0.1, 0.15) is 18.1 Å². The predicted molar refractivity (Wildman–Crippen MR) is 82.9 cm³/mol. The molecule has 0 saturated heterocycles. The van der Waals surface area contributed by atoms with Crippen molar-refractivity contribution in [1.82, 2.24) is 0 Å². The van der Waals surface area contributed by atoms with Crippen LogP contribution in [0.5, 0.6) is 11.5 Å². The Morgan fingerprint density at radius 2 is 1.58 bits per heavy atom. The van der Waals surface area contributed by atoms with Crippen LogP contribution in [-0.4, -0.2) is 45.4 Å². The fraction of sp³-hybridized carbons (Fsp3) is 0.562. The average Bonchev–Trinajstić information content (AvgIpc) is 2.53. The van der Waals surface area contributed by atoms with Crippen molar-refractivity contribution in [3.8, 4) is 11.5 Å². The van der Waals surface area contributed by atoms with E-state index in [2.05, 4.69) is 0 Å². The van der Waals surface area contributed by atoms with Crippen molar-refractivity contribution in [3.05, 3.63) is 23.3 Å². The molecule has 1 amide bonds. The number of carbonyl (C=O) groups excluding carboxylic acids is 1. The molecule has 2 N–H and O–H groups in total. The minimum atomic E-state index is -2.19. The van der Waals surface area contributed by atoms with Gasteiger partial charge in [0.1, 0.15) is 30.4 Å². The Bertz CT molecular complexity index is 556. The maximum atomic E-state index is 13.7. The Kier molecular flexibility index (Phi) is 7.67. The van der Waals surface area contributed by atoms with Gasteiger partial charge in [-0.15, -0.1) is 0 Å². The van der Waals surface area contributed by atoms with Gasteiger partial charge in [-0.3, -0.25) is 0 Å². The zero-order valence-electron chi connectivity index (χ0n) is 13.9. The van der Waals surface area contributed by atoms with Crippen molar-refractivity contribution < 1.29 is 32.2 Å². The Morgan fingerprint density at radius 3 is 2.00 bits per heavy atom. The third-order valence-corrected chi connectivity index (χ3v) is 3.46. The molecule has 136 valence electrons. The summed E-state index contributed by atoms with van der Waals surface area (Å²) in [5.41, 5.74) is 5.96. The summed E-state index contributed by atoms with van der Waals surface area (Å²) < 4.78 is 54.4. The molecule has 0 fully saturated rings. The van der Waals surface area contributed by atoms with Gasteiger partial charge in [-0.25, -0.2) is 18.0 Å². The topological polar surface area (TPSA) is 70.8 Å². The number of amides is 1. The molecule has 1 rings (SSSR count). The molecule has 0 bridgehead atoms. The van der Waals surface area contributed by atoms with Crippen LogP contribution in [0.15, 0.2) is 12.1 Å². The minimum absolute atomic E-state index is 0.290. The summed E-state index contributed by atoms with van der Waals surface area (Å²) in [4.78, 5) is 10.8. The number of hydrogen-bond acceptors (Lipinski definition) is 4. The Hall–Kier alpha value is -2.12. The van der Waals surface area contributed by atoms with E-state index in [1.165, 1.54) is 20.3 Å². The van der Waals surface area contributed by atoms with Gasteiger partial charge in [0.2, 0.25) is 0 Å². The summed E-state index contributed by atoms with van der Waals surface area (Å²) in [6, 6.07) is 3.09. The van der Waals surface area contributed by atoms with Gasteiger partial charge in [-0.2, -0.15) is 0 Å². The molecule has 0 aliphatic heterocycles. The van der Waals surface area contributed by atoms with Gasteiger partial charge in [0, 0.05) is 24.0 Å². The summed E-state index contributed by atoms with van der Waals surface area (Å²) in [5, 5.41) is 0. The number of primary amides is 1. The van der Waals surface area contributed by atoms with Crippen molar-refractivity contribution in [2.45, 2.75) is 38.2 Å². The number of alkyl halides is 3. The van der Waals surface area contributed by atoms with Gasteiger partial charge in [-0.05, 0) is 19.1 Å². The van der Waals surface area contributed by atoms with Gasteiger partial charge in [0.05, 0.1) is 14.2 Å². The first-order valence-electron chi connectivity index (χ1n) is 7.36. The normalized spacial score (nSPS) is 14.6. The molecule has 0 spiro atoms. The molecule has 0 aromatic heterocycles. The van der Waals surface area contributed by atoms with Crippen LogP contribution in [0.25, 0.3) is 0 Å². The highest BCUT2D eigenvalue weighted by Crippen LogP contribution is 2.32. The average molecular weight is 349 g/mol. The zero-order valence-corrected chi connectivity index (χ0v) is 13.9. The lowest BCUT2D eigenvalue weighted by Crippen LogP contribution is -2.23. The summed E-state index contributed by atoms with van der Waals surface area (Å²) in [5.74, 6) is 0.708. The lowest BCUT2D eigenvalue weighted by Gasteiger charge is -2.19.